The summed E-state index contributed by atoms with van der Waals surface area (Å²) in [5.41, 5.74) is 6.03. The molecule has 0 aliphatic heterocycles. The lowest BCUT2D eigenvalue weighted by atomic mass is 10.0. The molecule has 0 unspecified atom stereocenters. The Morgan fingerprint density at radius 2 is 1.38 bits per heavy atom. The van der Waals surface area contributed by atoms with Crippen LogP contribution in [0, 0.1) is 11.3 Å². The minimum Gasteiger partial charge on any atom is -0.477 e. The van der Waals surface area contributed by atoms with Crippen LogP contribution in [0.15, 0.2) is 119 Å². The van der Waals surface area contributed by atoms with Crippen molar-refractivity contribution in [2.24, 2.45) is 0 Å². The molecule has 4 aromatic carbocycles. The van der Waals surface area contributed by atoms with Crippen LogP contribution in [0.25, 0.3) is 39.8 Å². The Hall–Kier alpha value is -5.52. The molecule has 2 aromatic heterocycles. The standard InChI is InChI=1S/C32H20N4O3S/c33-20-23(32(37)38)19-22-13-16-27(31-30(22)34-40-35-31)29-18-17-28(39-29)21-11-14-26(15-12-21)36(24-7-3-1-4-8-24)25-9-5-2-6-10-25/h1-19H,(H,37,38)/b23-19+. The Balaban J connectivity index is 1.33. The third kappa shape index (κ3) is 4.73. The third-order valence-corrected chi connectivity index (χ3v) is 6.94. The molecule has 7 nitrogen and oxygen atoms in total. The lowest BCUT2D eigenvalue weighted by molar-refractivity contribution is -0.132. The van der Waals surface area contributed by atoms with E-state index in [2.05, 4.69) is 50.0 Å². The number of carbonyl (C=O) groups is 1. The summed E-state index contributed by atoms with van der Waals surface area (Å²) in [6, 6.07) is 37.6. The molecule has 0 fully saturated rings. The Morgan fingerprint density at radius 3 is 2.00 bits per heavy atom. The molecule has 6 rings (SSSR count). The summed E-state index contributed by atoms with van der Waals surface area (Å²) in [5.74, 6) is 0.0204. The van der Waals surface area contributed by atoms with Gasteiger partial charge in [0.2, 0.25) is 0 Å². The van der Waals surface area contributed by atoms with E-state index in [1.165, 1.54) is 6.08 Å². The van der Waals surface area contributed by atoms with Crippen LogP contribution in [-0.2, 0) is 4.79 Å². The summed E-state index contributed by atoms with van der Waals surface area (Å²) >= 11 is 1.02. The van der Waals surface area contributed by atoms with E-state index in [0.717, 1.165) is 39.9 Å². The predicted octanol–water partition coefficient (Wildman–Crippen LogP) is 8.08. The normalized spacial score (nSPS) is 11.3. The van der Waals surface area contributed by atoms with Gasteiger partial charge in [-0.15, -0.1) is 0 Å². The lowest BCUT2D eigenvalue weighted by Crippen LogP contribution is -2.09. The van der Waals surface area contributed by atoms with Gasteiger partial charge in [-0.1, -0.05) is 42.5 Å². The monoisotopic (exact) mass is 540 g/mol. The summed E-state index contributed by atoms with van der Waals surface area (Å²) in [7, 11) is 0. The number of benzene rings is 4. The van der Waals surface area contributed by atoms with Crippen LogP contribution in [0.5, 0.6) is 0 Å². The molecule has 1 N–H and O–H groups in total. The van der Waals surface area contributed by atoms with Gasteiger partial charge in [-0.2, -0.15) is 14.0 Å². The van der Waals surface area contributed by atoms with Crippen molar-refractivity contribution in [2.75, 3.05) is 4.90 Å². The van der Waals surface area contributed by atoms with E-state index in [1.807, 2.05) is 60.7 Å². The number of carboxylic acids is 1. The van der Waals surface area contributed by atoms with Crippen molar-refractivity contribution in [1.29, 1.82) is 5.26 Å². The number of fused-ring (bicyclic) bond motifs is 1. The van der Waals surface area contributed by atoms with Crippen molar-refractivity contribution in [1.82, 2.24) is 8.75 Å². The van der Waals surface area contributed by atoms with Crippen molar-refractivity contribution in [2.45, 2.75) is 0 Å². The molecule has 0 bridgehead atoms. The average molecular weight is 541 g/mol. The molecule has 0 saturated heterocycles. The summed E-state index contributed by atoms with van der Waals surface area (Å²) in [5, 5.41) is 18.4. The van der Waals surface area contributed by atoms with Crippen LogP contribution in [0.1, 0.15) is 5.56 Å². The highest BCUT2D eigenvalue weighted by Crippen LogP contribution is 2.37. The number of anilines is 3. The quantitative estimate of drug-likeness (QED) is 0.161. The van der Waals surface area contributed by atoms with Crippen molar-refractivity contribution in [3.05, 3.63) is 120 Å². The van der Waals surface area contributed by atoms with E-state index < -0.39 is 5.97 Å². The number of furan rings is 1. The highest BCUT2D eigenvalue weighted by molar-refractivity contribution is 7.00. The van der Waals surface area contributed by atoms with Gasteiger partial charge in [0.25, 0.3) is 0 Å². The van der Waals surface area contributed by atoms with Crippen molar-refractivity contribution in [3.63, 3.8) is 0 Å². The molecule has 2 heterocycles. The Labute approximate surface area is 233 Å². The first-order valence-electron chi connectivity index (χ1n) is 12.3. The second-order valence-electron chi connectivity index (χ2n) is 8.86. The highest BCUT2D eigenvalue weighted by Gasteiger charge is 2.17. The second kappa shape index (κ2) is 10.7. The first kappa shape index (κ1) is 24.8. The number of nitrogens with zero attached hydrogens (tertiary/aromatic N) is 4. The fourth-order valence-corrected chi connectivity index (χ4v) is 5.09. The highest BCUT2D eigenvalue weighted by atomic mass is 32.1. The van der Waals surface area contributed by atoms with Gasteiger partial charge in [-0.25, -0.2) is 4.79 Å². The van der Waals surface area contributed by atoms with Crippen LogP contribution in [-0.4, -0.2) is 19.8 Å². The molecule has 0 radical (unpaired) electrons. The molecule has 192 valence electrons. The van der Waals surface area contributed by atoms with E-state index in [0.29, 0.717) is 28.1 Å². The maximum absolute atomic E-state index is 11.3. The number of hydrogen-bond acceptors (Lipinski definition) is 7. The summed E-state index contributed by atoms with van der Waals surface area (Å²) in [6.07, 6.45) is 1.30. The smallest absolute Gasteiger partial charge is 0.346 e. The van der Waals surface area contributed by atoms with Crippen LogP contribution < -0.4 is 4.90 Å². The number of carboxylic acid groups (broad SMARTS) is 1. The Morgan fingerprint density at radius 1 is 0.775 bits per heavy atom. The molecular weight excluding hydrogens is 520 g/mol. The number of nitriles is 1. The van der Waals surface area contributed by atoms with E-state index in [1.54, 1.807) is 18.2 Å². The Bertz CT molecular complexity index is 1850. The van der Waals surface area contributed by atoms with Gasteiger partial charge in [0, 0.05) is 33.8 Å². The molecular formula is C32H20N4O3S. The molecule has 40 heavy (non-hydrogen) atoms. The molecule has 0 spiro atoms. The largest absolute Gasteiger partial charge is 0.477 e. The maximum Gasteiger partial charge on any atom is 0.346 e. The molecule has 0 atom stereocenters. The number of rotatable bonds is 7. The van der Waals surface area contributed by atoms with Gasteiger partial charge in [-0.05, 0) is 72.8 Å². The number of aromatic nitrogens is 2. The lowest BCUT2D eigenvalue weighted by Gasteiger charge is -2.25. The molecule has 6 aromatic rings. The first-order valence-corrected chi connectivity index (χ1v) is 13.1. The SMILES string of the molecule is N#C/C(=C\c1ccc(-c2ccc(-c3ccc(N(c4ccccc4)c4ccccc4)cc3)o2)c2nsnc12)C(=O)O. The van der Waals surface area contributed by atoms with E-state index >= 15 is 0 Å². The van der Waals surface area contributed by atoms with E-state index in [9.17, 15) is 9.90 Å². The average Bonchev–Trinajstić information content (AvgIpc) is 3.69. The van der Waals surface area contributed by atoms with Crippen molar-refractivity contribution < 1.29 is 14.3 Å². The van der Waals surface area contributed by atoms with E-state index in [4.69, 9.17) is 9.68 Å². The van der Waals surface area contributed by atoms with Crippen LogP contribution in [0.4, 0.5) is 17.1 Å². The Kier molecular flexibility index (Phi) is 6.63. The van der Waals surface area contributed by atoms with Gasteiger partial charge in [-0.3, -0.25) is 0 Å². The van der Waals surface area contributed by atoms with Crippen molar-refractivity contribution in [3.8, 4) is 28.7 Å². The zero-order valence-corrected chi connectivity index (χ0v) is 21.7. The molecule has 0 amide bonds. The summed E-state index contributed by atoms with van der Waals surface area (Å²) in [6.45, 7) is 0. The van der Waals surface area contributed by atoms with Gasteiger partial charge >= 0.3 is 5.97 Å². The molecule has 0 saturated carbocycles. The molecule has 0 aliphatic rings. The zero-order valence-electron chi connectivity index (χ0n) is 20.9. The fraction of sp³-hybridized carbons (Fsp3) is 0. The van der Waals surface area contributed by atoms with Gasteiger partial charge < -0.3 is 14.4 Å². The van der Waals surface area contributed by atoms with Crippen LogP contribution >= 0.6 is 11.7 Å². The maximum atomic E-state index is 11.3. The number of para-hydroxylation sites is 2. The third-order valence-electron chi connectivity index (χ3n) is 6.41. The second-order valence-corrected chi connectivity index (χ2v) is 9.38. The van der Waals surface area contributed by atoms with Gasteiger partial charge in [0.05, 0.1) is 11.7 Å². The van der Waals surface area contributed by atoms with Gasteiger partial charge in [0.1, 0.15) is 34.2 Å². The predicted molar refractivity (Wildman–Crippen MR) is 156 cm³/mol. The topological polar surface area (TPSA) is 103 Å². The minimum absolute atomic E-state index is 0.371. The van der Waals surface area contributed by atoms with E-state index in [-0.39, 0.29) is 5.57 Å². The minimum atomic E-state index is -1.29. The van der Waals surface area contributed by atoms with Crippen LogP contribution in [0.3, 0.4) is 0 Å². The van der Waals surface area contributed by atoms with Gasteiger partial charge in [0.15, 0.2) is 0 Å². The van der Waals surface area contributed by atoms with Crippen molar-refractivity contribution >= 4 is 51.9 Å². The summed E-state index contributed by atoms with van der Waals surface area (Å²) in [4.78, 5) is 13.5. The van der Waals surface area contributed by atoms with Crippen LogP contribution in [0.2, 0.25) is 0 Å². The fourth-order valence-electron chi connectivity index (χ4n) is 4.51. The number of hydrogen-bond donors (Lipinski definition) is 1. The summed E-state index contributed by atoms with van der Waals surface area (Å²) < 4.78 is 15.0. The first-order chi connectivity index (χ1) is 19.6. The molecule has 0 aliphatic carbocycles. The zero-order chi connectivity index (χ0) is 27.5. The molecule has 8 heteroatoms. The number of aliphatic carboxylic acids is 1.